The van der Waals surface area contributed by atoms with E-state index in [1.807, 2.05) is 36.5 Å². The topological polar surface area (TPSA) is 69.0 Å². The third-order valence-electron chi connectivity index (χ3n) is 4.50. The Labute approximate surface area is 177 Å². The number of ether oxygens (including phenoxy) is 1. The van der Waals surface area contributed by atoms with Crippen molar-refractivity contribution in [3.63, 3.8) is 0 Å². The van der Waals surface area contributed by atoms with Gasteiger partial charge in [0.1, 0.15) is 0 Å². The summed E-state index contributed by atoms with van der Waals surface area (Å²) >= 11 is 1.30. The molecule has 0 aliphatic carbocycles. The average Bonchev–Trinajstić information content (AvgIpc) is 3.43. The SMILES string of the molecule is COc1ccc(-c2csc(NC(=O)CCc3cnn(-c4ccccc4)c3)n2)cc1F. The molecule has 2 heterocycles. The summed E-state index contributed by atoms with van der Waals surface area (Å²) in [6.45, 7) is 0. The van der Waals surface area contributed by atoms with E-state index in [2.05, 4.69) is 15.4 Å². The molecule has 2 aromatic heterocycles. The van der Waals surface area contributed by atoms with Gasteiger partial charge in [0.15, 0.2) is 16.7 Å². The van der Waals surface area contributed by atoms with Crippen molar-refractivity contribution < 1.29 is 13.9 Å². The van der Waals surface area contributed by atoms with Crippen molar-refractivity contribution in [1.82, 2.24) is 14.8 Å². The van der Waals surface area contributed by atoms with Crippen LogP contribution in [0.5, 0.6) is 5.75 Å². The molecule has 4 aromatic rings. The van der Waals surface area contributed by atoms with Crippen molar-refractivity contribution in [1.29, 1.82) is 0 Å². The standard InChI is InChI=1S/C22H19FN4O2S/c1-29-20-9-8-16(11-18(20)23)19-14-30-22(25-19)26-21(28)10-7-15-12-24-27(13-15)17-5-3-2-4-6-17/h2-6,8-9,11-14H,7,10H2,1H3,(H,25,26,28). The maximum Gasteiger partial charge on any atom is 0.226 e. The molecule has 1 amide bonds. The number of para-hydroxylation sites is 1. The second kappa shape index (κ2) is 8.87. The van der Waals surface area contributed by atoms with Gasteiger partial charge in [-0.25, -0.2) is 14.1 Å². The van der Waals surface area contributed by atoms with Crippen molar-refractivity contribution in [2.24, 2.45) is 0 Å². The molecule has 0 spiro atoms. The Kier molecular flexibility index (Phi) is 5.85. The van der Waals surface area contributed by atoms with Crippen LogP contribution < -0.4 is 10.1 Å². The van der Waals surface area contributed by atoms with Crippen LogP contribution >= 0.6 is 11.3 Å². The molecule has 0 unspecified atom stereocenters. The second-order valence-corrected chi connectivity index (χ2v) is 7.42. The number of aryl methyl sites for hydroxylation is 1. The number of aromatic nitrogens is 3. The molecule has 0 aliphatic rings. The van der Waals surface area contributed by atoms with Gasteiger partial charge in [-0.05, 0) is 42.3 Å². The van der Waals surface area contributed by atoms with Crippen molar-refractivity contribution >= 4 is 22.4 Å². The van der Waals surface area contributed by atoms with E-state index in [4.69, 9.17) is 4.74 Å². The van der Waals surface area contributed by atoms with Gasteiger partial charge < -0.3 is 10.1 Å². The molecule has 0 aliphatic heterocycles. The minimum absolute atomic E-state index is 0.135. The highest BCUT2D eigenvalue weighted by molar-refractivity contribution is 7.14. The van der Waals surface area contributed by atoms with E-state index < -0.39 is 5.82 Å². The first kappa shape index (κ1) is 19.8. The minimum Gasteiger partial charge on any atom is -0.494 e. The lowest BCUT2D eigenvalue weighted by Gasteiger charge is -2.03. The molecular formula is C22H19FN4O2S. The summed E-state index contributed by atoms with van der Waals surface area (Å²) < 4.78 is 20.6. The monoisotopic (exact) mass is 422 g/mol. The molecule has 8 heteroatoms. The van der Waals surface area contributed by atoms with Crippen LogP contribution in [-0.4, -0.2) is 27.8 Å². The summed E-state index contributed by atoms with van der Waals surface area (Å²) in [7, 11) is 1.42. The number of nitrogens with one attached hydrogen (secondary N) is 1. The first-order chi connectivity index (χ1) is 14.6. The highest BCUT2D eigenvalue weighted by Gasteiger charge is 2.11. The van der Waals surface area contributed by atoms with Crippen LogP contribution in [0, 0.1) is 5.82 Å². The van der Waals surface area contributed by atoms with Gasteiger partial charge >= 0.3 is 0 Å². The summed E-state index contributed by atoms with van der Waals surface area (Å²) in [5.41, 5.74) is 3.17. The van der Waals surface area contributed by atoms with Crippen LogP contribution in [0.3, 0.4) is 0 Å². The third kappa shape index (κ3) is 4.55. The van der Waals surface area contributed by atoms with Gasteiger partial charge in [0, 0.05) is 23.6 Å². The Hall–Kier alpha value is -3.52. The zero-order valence-corrected chi connectivity index (χ0v) is 17.0. The van der Waals surface area contributed by atoms with Crippen LogP contribution in [0.15, 0.2) is 66.3 Å². The normalized spacial score (nSPS) is 10.7. The summed E-state index contributed by atoms with van der Waals surface area (Å²) in [5, 5.41) is 9.40. The summed E-state index contributed by atoms with van der Waals surface area (Å²) in [4.78, 5) is 16.7. The number of nitrogens with zero attached hydrogens (tertiary/aromatic N) is 3. The summed E-state index contributed by atoms with van der Waals surface area (Å²) in [6, 6.07) is 14.4. The molecule has 4 rings (SSSR count). The number of methoxy groups -OCH3 is 1. The second-order valence-electron chi connectivity index (χ2n) is 6.56. The summed E-state index contributed by atoms with van der Waals surface area (Å²) in [6.07, 6.45) is 4.56. The van der Waals surface area contributed by atoms with Crippen LogP contribution in [0.25, 0.3) is 16.9 Å². The van der Waals surface area contributed by atoms with E-state index in [0.717, 1.165) is 11.3 Å². The molecule has 0 bridgehead atoms. The molecule has 0 fully saturated rings. The fourth-order valence-corrected chi connectivity index (χ4v) is 3.68. The Morgan fingerprint density at radius 1 is 1.23 bits per heavy atom. The zero-order chi connectivity index (χ0) is 20.9. The van der Waals surface area contributed by atoms with Gasteiger partial charge in [-0.15, -0.1) is 11.3 Å². The Morgan fingerprint density at radius 3 is 2.83 bits per heavy atom. The van der Waals surface area contributed by atoms with E-state index in [9.17, 15) is 9.18 Å². The maximum absolute atomic E-state index is 13.9. The number of hydrogen-bond donors (Lipinski definition) is 1. The molecule has 0 saturated carbocycles. The number of carbonyl (C=O) groups is 1. The smallest absolute Gasteiger partial charge is 0.226 e. The zero-order valence-electron chi connectivity index (χ0n) is 16.2. The average molecular weight is 422 g/mol. The molecule has 0 atom stereocenters. The van der Waals surface area contributed by atoms with E-state index >= 15 is 0 Å². The number of anilines is 1. The van der Waals surface area contributed by atoms with E-state index in [0.29, 0.717) is 29.2 Å². The number of hydrogen-bond acceptors (Lipinski definition) is 5. The molecule has 0 radical (unpaired) electrons. The number of rotatable bonds is 7. The first-order valence-electron chi connectivity index (χ1n) is 9.30. The van der Waals surface area contributed by atoms with Gasteiger partial charge in [-0.2, -0.15) is 5.10 Å². The molecule has 2 aromatic carbocycles. The van der Waals surface area contributed by atoms with Gasteiger partial charge in [0.2, 0.25) is 5.91 Å². The van der Waals surface area contributed by atoms with Crippen molar-refractivity contribution in [2.75, 3.05) is 12.4 Å². The van der Waals surface area contributed by atoms with Gasteiger partial charge in [0.05, 0.1) is 24.7 Å². The summed E-state index contributed by atoms with van der Waals surface area (Å²) in [5.74, 6) is -0.410. The van der Waals surface area contributed by atoms with Gasteiger partial charge in [-0.1, -0.05) is 18.2 Å². The van der Waals surface area contributed by atoms with E-state index in [1.165, 1.54) is 24.5 Å². The third-order valence-corrected chi connectivity index (χ3v) is 5.25. The fraction of sp³-hybridized carbons (Fsp3) is 0.136. The Morgan fingerprint density at radius 2 is 2.07 bits per heavy atom. The lowest BCUT2D eigenvalue weighted by Crippen LogP contribution is -2.12. The largest absolute Gasteiger partial charge is 0.494 e. The number of benzene rings is 2. The number of thiazole rings is 1. The van der Waals surface area contributed by atoms with Crippen LogP contribution in [0.1, 0.15) is 12.0 Å². The number of carbonyl (C=O) groups excluding carboxylic acids is 1. The molecule has 6 nitrogen and oxygen atoms in total. The lowest BCUT2D eigenvalue weighted by atomic mass is 10.1. The van der Waals surface area contributed by atoms with Gasteiger partial charge in [0.25, 0.3) is 0 Å². The van der Waals surface area contributed by atoms with Crippen molar-refractivity contribution in [3.8, 4) is 22.7 Å². The highest BCUT2D eigenvalue weighted by atomic mass is 32.1. The predicted molar refractivity (Wildman–Crippen MR) is 115 cm³/mol. The lowest BCUT2D eigenvalue weighted by molar-refractivity contribution is -0.116. The molecular weight excluding hydrogens is 403 g/mol. The van der Waals surface area contributed by atoms with E-state index in [-0.39, 0.29) is 11.7 Å². The molecule has 152 valence electrons. The predicted octanol–water partition coefficient (Wildman–Crippen LogP) is 4.71. The fourth-order valence-electron chi connectivity index (χ4n) is 2.94. The molecule has 30 heavy (non-hydrogen) atoms. The number of amides is 1. The highest BCUT2D eigenvalue weighted by Crippen LogP contribution is 2.28. The van der Waals surface area contributed by atoms with E-state index in [1.54, 1.807) is 28.4 Å². The number of halogens is 1. The molecule has 0 saturated heterocycles. The molecule has 1 N–H and O–H groups in total. The van der Waals surface area contributed by atoms with Crippen LogP contribution in [-0.2, 0) is 11.2 Å². The quantitative estimate of drug-likeness (QED) is 0.468. The van der Waals surface area contributed by atoms with Crippen LogP contribution in [0.2, 0.25) is 0 Å². The Balaban J connectivity index is 1.34. The minimum atomic E-state index is -0.454. The van der Waals surface area contributed by atoms with Gasteiger partial charge in [-0.3, -0.25) is 4.79 Å². The first-order valence-corrected chi connectivity index (χ1v) is 10.2. The van der Waals surface area contributed by atoms with Crippen molar-refractivity contribution in [2.45, 2.75) is 12.8 Å². The Bertz CT molecular complexity index is 1160. The maximum atomic E-state index is 13.9. The van der Waals surface area contributed by atoms with Crippen molar-refractivity contribution in [3.05, 3.63) is 77.7 Å². The van der Waals surface area contributed by atoms with Crippen LogP contribution in [0.4, 0.5) is 9.52 Å².